The van der Waals surface area contributed by atoms with Gasteiger partial charge in [-0.1, -0.05) is 6.07 Å². The molecule has 2 rings (SSSR count). The van der Waals surface area contributed by atoms with Crippen LogP contribution in [0.25, 0.3) is 0 Å². The van der Waals surface area contributed by atoms with Crippen molar-refractivity contribution in [1.29, 1.82) is 0 Å². The number of carbonyl (C=O) groups excluding carboxylic acids is 2. The van der Waals surface area contributed by atoms with E-state index in [0.29, 0.717) is 11.6 Å². The lowest BCUT2D eigenvalue weighted by Crippen LogP contribution is -2.15. The highest BCUT2D eigenvalue weighted by molar-refractivity contribution is 6.05. The molecule has 1 amide bonds. The average molecular weight is 351 g/mol. The van der Waals surface area contributed by atoms with E-state index >= 15 is 0 Å². The van der Waals surface area contributed by atoms with E-state index < -0.39 is 23.6 Å². The summed E-state index contributed by atoms with van der Waals surface area (Å²) in [6.45, 7) is 3.71. The van der Waals surface area contributed by atoms with Gasteiger partial charge >= 0.3 is 12.1 Å². The van der Waals surface area contributed by atoms with Crippen LogP contribution in [0, 0.1) is 13.8 Å². The Morgan fingerprint density at radius 2 is 1.64 bits per heavy atom. The van der Waals surface area contributed by atoms with Gasteiger partial charge in [0.15, 0.2) is 0 Å². The number of ether oxygens (including phenoxy) is 1. The minimum atomic E-state index is -4.66. The number of esters is 1. The summed E-state index contributed by atoms with van der Waals surface area (Å²) in [6.07, 6.45) is -4.66. The normalized spacial score (nSPS) is 11.1. The molecule has 0 atom stereocenters. The van der Waals surface area contributed by atoms with Crippen LogP contribution < -0.4 is 5.32 Å². The van der Waals surface area contributed by atoms with Gasteiger partial charge in [-0.2, -0.15) is 13.2 Å². The molecule has 0 saturated heterocycles. The van der Waals surface area contributed by atoms with Gasteiger partial charge < -0.3 is 10.1 Å². The fourth-order valence-electron chi connectivity index (χ4n) is 2.19. The molecule has 4 nitrogen and oxygen atoms in total. The van der Waals surface area contributed by atoms with Crippen LogP contribution in [0.1, 0.15) is 37.4 Å². The zero-order valence-electron chi connectivity index (χ0n) is 13.8. The fraction of sp³-hybridized carbons (Fsp3) is 0.222. The molecule has 7 heteroatoms. The summed E-state index contributed by atoms with van der Waals surface area (Å²) in [5.41, 5.74) is 0.688. The van der Waals surface area contributed by atoms with Crippen LogP contribution >= 0.6 is 0 Å². The van der Waals surface area contributed by atoms with Crippen molar-refractivity contribution in [2.45, 2.75) is 20.0 Å². The Bertz CT molecular complexity index is 829. The highest BCUT2D eigenvalue weighted by atomic mass is 19.4. The number of rotatable bonds is 3. The van der Waals surface area contributed by atoms with Gasteiger partial charge in [0, 0.05) is 11.3 Å². The third kappa shape index (κ3) is 4.37. The molecule has 0 aliphatic heterocycles. The Morgan fingerprint density at radius 1 is 0.960 bits per heavy atom. The van der Waals surface area contributed by atoms with Gasteiger partial charge in [0.25, 0.3) is 5.91 Å². The number of alkyl halides is 3. The lowest BCUT2D eigenvalue weighted by molar-refractivity contribution is -0.137. The van der Waals surface area contributed by atoms with Gasteiger partial charge in [0.2, 0.25) is 0 Å². The van der Waals surface area contributed by atoms with Gasteiger partial charge in [-0.15, -0.1) is 0 Å². The number of benzene rings is 2. The van der Waals surface area contributed by atoms with Crippen LogP contribution in [0.2, 0.25) is 0 Å². The van der Waals surface area contributed by atoms with E-state index in [1.165, 1.54) is 0 Å². The SMILES string of the molecule is COC(=O)c1cc(NC(=O)c2ccc(C)c(C)c2)cc(C(F)(F)F)c1. The number of carbonyl (C=O) groups is 2. The molecule has 132 valence electrons. The summed E-state index contributed by atoms with van der Waals surface area (Å²) in [6, 6.07) is 7.55. The van der Waals surface area contributed by atoms with Gasteiger partial charge in [0.05, 0.1) is 18.2 Å². The fourth-order valence-corrected chi connectivity index (χ4v) is 2.19. The van der Waals surface area contributed by atoms with E-state index in [-0.39, 0.29) is 11.3 Å². The van der Waals surface area contributed by atoms with E-state index in [0.717, 1.165) is 30.4 Å². The van der Waals surface area contributed by atoms with Crippen molar-refractivity contribution in [2.24, 2.45) is 0 Å². The van der Waals surface area contributed by atoms with Gasteiger partial charge in [-0.25, -0.2) is 4.79 Å². The van der Waals surface area contributed by atoms with Crippen molar-refractivity contribution >= 4 is 17.6 Å². The number of amides is 1. The van der Waals surface area contributed by atoms with Crippen molar-refractivity contribution in [1.82, 2.24) is 0 Å². The van der Waals surface area contributed by atoms with Gasteiger partial charge in [0.1, 0.15) is 0 Å². The van der Waals surface area contributed by atoms with Gasteiger partial charge in [-0.3, -0.25) is 4.79 Å². The second kappa shape index (κ2) is 6.96. The molecular weight excluding hydrogens is 335 g/mol. The third-order valence-electron chi connectivity index (χ3n) is 3.71. The molecule has 2 aromatic carbocycles. The number of nitrogens with one attached hydrogen (secondary N) is 1. The monoisotopic (exact) mass is 351 g/mol. The molecule has 0 aliphatic carbocycles. The van der Waals surface area contributed by atoms with Crippen molar-refractivity contribution in [3.05, 3.63) is 64.2 Å². The molecule has 25 heavy (non-hydrogen) atoms. The van der Waals surface area contributed by atoms with E-state index in [2.05, 4.69) is 10.1 Å². The van der Waals surface area contributed by atoms with Crippen molar-refractivity contribution in [3.8, 4) is 0 Å². The van der Waals surface area contributed by atoms with Gasteiger partial charge in [-0.05, 0) is 55.3 Å². The van der Waals surface area contributed by atoms with Crippen molar-refractivity contribution < 1.29 is 27.5 Å². The highest BCUT2D eigenvalue weighted by Crippen LogP contribution is 2.32. The maximum Gasteiger partial charge on any atom is 0.416 e. The topological polar surface area (TPSA) is 55.4 Å². The lowest BCUT2D eigenvalue weighted by atomic mass is 10.1. The molecule has 0 fully saturated rings. The zero-order valence-corrected chi connectivity index (χ0v) is 13.8. The largest absolute Gasteiger partial charge is 0.465 e. The minimum Gasteiger partial charge on any atom is -0.465 e. The van der Waals surface area contributed by atoms with Crippen LogP contribution in [0.15, 0.2) is 36.4 Å². The highest BCUT2D eigenvalue weighted by Gasteiger charge is 2.32. The summed E-state index contributed by atoms with van der Waals surface area (Å²) in [5, 5.41) is 2.39. The summed E-state index contributed by atoms with van der Waals surface area (Å²) in [7, 11) is 1.07. The Morgan fingerprint density at radius 3 is 2.20 bits per heavy atom. The summed E-state index contributed by atoms with van der Waals surface area (Å²) in [5.74, 6) is -1.49. The smallest absolute Gasteiger partial charge is 0.416 e. The maximum atomic E-state index is 13.0. The quantitative estimate of drug-likeness (QED) is 0.836. The molecule has 0 spiro atoms. The molecule has 0 heterocycles. The van der Waals surface area contributed by atoms with Crippen molar-refractivity contribution in [2.75, 3.05) is 12.4 Å². The molecule has 0 aliphatic rings. The first-order valence-corrected chi connectivity index (χ1v) is 7.31. The van der Waals surface area contributed by atoms with E-state index in [1.807, 2.05) is 13.8 Å². The Kier molecular flexibility index (Phi) is 5.15. The second-order valence-corrected chi connectivity index (χ2v) is 5.54. The van der Waals surface area contributed by atoms with E-state index in [1.54, 1.807) is 18.2 Å². The number of methoxy groups -OCH3 is 1. The molecule has 0 radical (unpaired) electrons. The Labute approximate surface area is 142 Å². The molecule has 0 bridgehead atoms. The first kappa shape index (κ1) is 18.5. The first-order valence-electron chi connectivity index (χ1n) is 7.31. The predicted octanol–water partition coefficient (Wildman–Crippen LogP) is 4.36. The van der Waals surface area contributed by atoms with E-state index in [9.17, 15) is 22.8 Å². The second-order valence-electron chi connectivity index (χ2n) is 5.54. The zero-order chi connectivity index (χ0) is 18.8. The van der Waals surface area contributed by atoms with Crippen LogP contribution in [0.5, 0.6) is 0 Å². The molecule has 0 unspecified atom stereocenters. The maximum absolute atomic E-state index is 13.0. The molecule has 1 N–H and O–H groups in total. The minimum absolute atomic E-state index is 0.140. The molecule has 0 aromatic heterocycles. The number of hydrogen-bond donors (Lipinski definition) is 1. The summed E-state index contributed by atoms with van der Waals surface area (Å²) >= 11 is 0. The summed E-state index contributed by atoms with van der Waals surface area (Å²) in [4.78, 5) is 23.9. The lowest BCUT2D eigenvalue weighted by Gasteiger charge is -2.13. The number of halogens is 3. The van der Waals surface area contributed by atoms with Crippen LogP contribution in [-0.2, 0) is 10.9 Å². The first-order chi connectivity index (χ1) is 11.6. The number of anilines is 1. The molecule has 0 saturated carbocycles. The molecular formula is C18H16F3NO3. The van der Waals surface area contributed by atoms with Crippen LogP contribution in [0.4, 0.5) is 18.9 Å². The summed E-state index contributed by atoms with van der Waals surface area (Å²) < 4.78 is 43.5. The van der Waals surface area contributed by atoms with Crippen molar-refractivity contribution in [3.63, 3.8) is 0 Å². The third-order valence-corrected chi connectivity index (χ3v) is 3.71. The van der Waals surface area contributed by atoms with Crippen LogP contribution in [-0.4, -0.2) is 19.0 Å². The Hall–Kier alpha value is -2.83. The standard InChI is InChI=1S/C18H16F3NO3/c1-10-4-5-12(6-11(10)2)16(23)22-15-8-13(17(24)25-3)7-14(9-15)18(19,20)21/h4-9H,1-3H3,(H,22,23). The van der Waals surface area contributed by atoms with Crippen LogP contribution in [0.3, 0.4) is 0 Å². The Balaban J connectivity index is 2.38. The predicted molar refractivity (Wildman–Crippen MR) is 86.7 cm³/mol. The van der Waals surface area contributed by atoms with E-state index in [4.69, 9.17) is 0 Å². The number of hydrogen-bond acceptors (Lipinski definition) is 3. The number of aryl methyl sites for hydroxylation is 2. The average Bonchev–Trinajstić information content (AvgIpc) is 2.55. The molecule has 2 aromatic rings.